The maximum absolute atomic E-state index is 13.4. The van der Waals surface area contributed by atoms with Gasteiger partial charge in [-0.05, 0) is 30.5 Å². The summed E-state index contributed by atoms with van der Waals surface area (Å²) >= 11 is 0. The molecule has 0 N–H and O–H groups in total. The summed E-state index contributed by atoms with van der Waals surface area (Å²) in [5.41, 5.74) is 0.908. The van der Waals surface area contributed by atoms with Crippen molar-refractivity contribution in [2.45, 2.75) is 18.9 Å². The second-order valence-electron chi connectivity index (χ2n) is 5.77. The zero-order chi connectivity index (χ0) is 16.2. The molecular formula is C17H19FN2O3. The Labute approximate surface area is 134 Å². The molecule has 0 radical (unpaired) electrons. The average molecular weight is 318 g/mol. The molecule has 23 heavy (non-hydrogen) atoms. The van der Waals surface area contributed by atoms with E-state index < -0.39 is 0 Å². The van der Waals surface area contributed by atoms with Crippen LogP contribution in [0.15, 0.2) is 41.3 Å². The van der Waals surface area contributed by atoms with E-state index in [4.69, 9.17) is 9.15 Å². The van der Waals surface area contributed by atoms with Gasteiger partial charge in [0.25, 0.3) is 5.91 Å². The van der Waals surface area contributed by atoms with E-state index in [0.717, 1.165) is 12.0 Å². The van der Waals surface area contributed by atoms with Crippen molar-refractivity contribution in [1.82, 2.24) is 9.88 Å². The van der Waals surface area contributed by atoms with Gasteiger partial charge in [-0.1, -0.05) is 12.1 Å². The normalized spacial score (nSPS) is 21.4. The number of halogens is 1. The van der Waals surface area contributed by atoms with Crippen LogP contribution in [0, 0.1) is 11.7 Å². The van der Waals surface area contributed by atoms with E-state index in [1.165, 1.54) is 24.7 Å². The number of aromatic nitrogens is 1. The summed E-state index contributed by atoms with van der Waals surface area (Å²) in [6, 6.07) is 6.56. The minimum atomic E-state index is -0.248. The molecule has 1 aliphatic rings. The number of oxazole rings is 1. The van der Waals surface area contributed by atoms with Gasteiger partial charge in [-0.15, -0.1) is 0 Å². The van der Waals surface area contributed by atoms with Crippen molar-refractivity contribution in [1.29, 1.82) is 0 Å². The summed E-state index contributed by atoms with van der Waals surface area (Å²) in [7, 11) is 1.68. The number of amides is 1. The fraction of sp³-hybridized carbons (Fsp3) is 0.412. The van der Waals surface area contributed by atoms with Gasteiger partial charge in [-0.2, -0.15) is 0 Å². The number of carbonyl (C=O) groups is 1. The Balaban J connectivity index is 1.72. The lowest BCUT2D eigenvalue weighted by Crippen LogP contribution is -2.47. The molecule has 1 fully saturated rings. The summed E-state index contributed by atoms with van der Waals surface area (Å²) in [6.45, 7) is 1.16. The van der Waals surface area contributed by atoms with Crippen LogP contribution in [-0.2, 0) is 11.2 Å². The number of nitrogens with zero attached hydrogens (tertiary/aromatic N) is 2. The standard InChI is InChI=1S/C17H19FN2O3/c1-22-15-5-6-20(17(21)16-9-19-11-23-16)10-13(15)7-12-3-2-4-14(18)8-12/h2-4,8-9,11,13,15H,5-7,10H2,1H3/t13-,15+/m1/s1. The maximum atomic E-state index is 13.4. The van der Waals surface area contributed by atoms with Crippen LogP contribution in [0.25, 0.3) is 0 Å². The Bertz CT molecular complexity index is 660. The number of piperidine rings is 1. The number of hydrogen-bond acceptors (Lipinski definition) is 4. The Kier molecular flexibility index (Phi) is 4.71. The van der Waals surface area contributed by atoms with Gasteiger partial charge in [0, 0.05) is 26.1 Å². The molecule has 0 saturated carbocycles. The van der Waals surface area contributed by atoms with E-state index >= 15 is 0 Å². The van der Waals surface area contributed by atoms with Gasteiger partial charge in [0.15, 0.2) is 6.39 Å². The third kappa shape index (κ3) is 3.59. The zero-order valence-corrected chi connectivity index (χ0v) is 12.9. The maximum Gasteiger partial charge on any atom is 0.291 e. The molecule has 1 aromatic heterocycles. The average Bonchev–Trinajstić information content (AvgIpc) is 3.08. The topological polar surface area (TPSA) is 55.6 Å². The van der Waals surface area contributed by atoms with Crippen molar-refractivity contribution >= 4 is 5.91 Å². The first-order chi connectivity index (χ1) is 11.2. The van der Waals surface area contributed by atoms with Crippen molar-refractivity contribution in [2.75, 3.05) is 20.2 Å². The van der Waals surface area contributed by atoms with Crippen LogP contribution >= 0.6 is 0 Å². The van der Waals surface area contributed by atoms with Gasteiger partial charge in [-0.25, -0.2) is 9.37 Å². The van der Waals surface area contributed by atoms with Gasteiger partial charge in [0.05, 0.1) is 12.3 Å². The molecule has 3 rings (SSSR count). The zero-order valence-electron chi connectivity index (χ0n) is 12.9. The fourth-order valence-corrected chi connectivity index (χ4v) is 3.15. The van der Waals surface area contributed by atoms with E-state index in [1.807, 2.05) is 6.07 Å². The van der Waals surface area contributed by atoms with Gasteiger partial charge >= 0.3 is 0 Å². The molecule has 122 valence electrons. The number of hydrogen-bond donors (Lipinski definition) is 0. The first-order valence-corrected chi connectivity index (χ1v) is 7.62. The molecule has 6 heteroatoms. The summed E-state index contributed by atoms with van der Waals surface area (Å²) in [5.74, 6) is -0.0593. The second-order valence-corrected chi connectivity index (χ2v) is 5.77. The molecule has 1 aromatic carbocycles. The first-order valence-electron chi connectivity index (χ1n) is 7.62. The summed E-state index contributed by atoms with van der Waals surface area (Å²) in [5, 5.41) is 0. The highest BCUT2D eigenvalue weighted by atomic mass is 19.1. The molecule has 0 aliphatic carbocycles. The predicted molar refractivity (Wildman–Crippen MR) is 81.4 cm³/mol. The highest BCUT2D eigenvalue weighted by Crippen LogP contribution is 2.25. The third-order valence-electron chi connectivity index (χ3n) is 4.28. The highest BCUT2D eigenvalue weighted by Gasteiger charge is 2.32. The van der Waals surface area contributed by atoms with Crippen molar-refractivity contribution in [2.24, 2.45) is 5.92 Å². The van der Waals surface area contributed by atoms with Gasteiger partial charge in [0.2, 0.25) is 5.76 Å². The van der Waals surface area contributed by atoms with Gasteiger partial charge in [-0.3, -0.25) is 4.79 Å². The summed E-state index contributed by atoms with van der Waals surface area (Å²) in [6.07, 6.45) is 4.13. The molecule has 2 atom stereocenters. The van der Waals surface area contributed by atoms with Crippen LogP contribution in [0.2, 0.25) is 0 Å². The van der Waals surface area contributed by atoms with Crippen molar-refractivity contribution in [3.8, 4) is 0 Å². The quantitative estimate of drug-likeness (QED) is 0.869. The van der Waals surface area contributed by atoms with Gasteiger partial charge in [0.1, 0.15) is 5.82 Å². The summed E-state index contributed by atoms with van der Waals surface area (Å²) < 4.78 is 24.0. The van der Waals surface area contributed by atoms with Gasteiger partial charge < -0.3 is 14.1 Å². The van der Waals surface area contributed by atoms with Crippen LogP contribution in [0.5, 0.6) is 0 Å². The predicted octanol–water partition coefficient (Wildman–Crippen LogP) is 2.53. The molecule has 2 aromatic rings. The molecule has 2 heterocycles. The number of benzene rings is 1. The van der Waals surface area contributed by atoms with E-state index in [9.17, 15) is 9.18 Å². The van der Waals surface area contributed by atoms with Crippen LogP contribution in [0.3, 0.4) is 0 Å². The van der Waals surface area contributed by atoms with Crippen molar-refractivity contribution < 1.29 is 18.3 Å². The Morgan fingerprint density at radius 2 is 2.39 bits per heavy atom. The second kappa shape index (κ2) is 6.91. The molecule has 0 spiro atoms. The molecule has 1 amide bonds. The van der Waals surface area contributed by atoms with Crippen LogP contribution < -0.4 is 0 Å². The van der Waals surface area contributed by atoms with Crippen molar-refractivity contribution in [3.05, 3.63) is 54.0 Å². The number of ether oxygens (including phenoxy) is 1. The number of carbonyl (C=O) groups excluding carboxylic acids is 1. The largest absolute Gasteiger partial charge is 0.438 e. The fourth-order valence-electron chi connectivity index (χ4n) is 3.15. The lowest BCUT2D eigenvalue weighted by atomic mass is 9.88. The van der Waals surface area contributed by atoms with E-state index in [0.29, 0.717) is 19.5 Å². The lowest BCUT2D eigenvalue weighted by Gasteiger charge is -2.37. The molecular weight excluding hydrogens is 299 g/mol. The Morgan fingerprint density at radius 1 is 1.52 bits per heavy atom. The monoisotopic (exact) mass is 318 g/mol. The molecule has 1 saturated heterocycles. The van der Waals surface area contributed by atoms with E-state index in [1.54, 1.807) is 18.1 Å². The SMILES string of the molecule is CO[C@H]1CCN(C(=O)c2cnco2)C[C@H]1Cc1cccc(F)c1. The number of methoxy groups -OCH3 is 1. The lowest BCUT2D eigenvalue weighted by molar-refractivity contribution is -0.00391. The molecule has 5 nitrogen and oxygen atoms in total. The third-order valence-corrected chi connectivity index (χ3v) is 4.28. The first kappa shape index (κ1) is 15.7. The molecule has 1 aliphatic heterocycles. The van der Waals surface area contributed by atoms with Crippen LogP contribution in [0.4, 0.5) is 4.39 Å². The summed E-state index contributed by atoms with van der Waals surface area (Å²) in [4.78, 5) is 17.9. The van der Waals surface area contributed by atoms with E-state index in [-0.39, 0.29) is 29.5 Å². The smallest absolute Gasteiger partial charge is 0.291 e. The minimum absolute atomic E-state index is 0.0528. The molecule has 0 unspecified atom stereocenters. The highest BCUT2D eigenvalue weighted by molar-refractivity contribution is 5.91. The minimum Gasteiger partial charge on any atom is -0.438 e. The van der Waals surface area contributed by atoms with Crippen molar-refractivity contribution in [3.63, 3.8) is 0 Å². The Hall–Kier alpha value is -2.21. The number of rotatable bonds is 4. The van der Waals surface area contributed by atoms with E-state index in [2.05, 4.69) is 4.98 Å². The molecule has 0 bridgehead atoms. The van der Waals surface area contributed by atoms with Crippen LogP contribution in [0.1, 0.15) is 22.5 Å². The number of likely N-dealkylation sites (tertiary alicyclic amines) is 1. The van der Waals surface area contributed by atoms with Crippen LogP contribution in [-0.4, -0.2) is 42.1 Å². The Morgan fingerprint density at radius 3 is 3.09 bits per heavy atom.